The molecule has 9 nitrogen and oxygen atoms in total. The first-order valence-electron chi connectivity index (χ1n) is 10.5. The lowest BCUT2D eigenvalue weighted by atomic mass is 10.1. The van der Waals surface area contributed by atoms with Gasteiger partial charge < -0.3 is 15.5 Å². The molecule has 0 saturated carbocycles. The first-order chi connectivity index (χ1) is 14.9. The summed E-state index contributed by atoms with van der Waals surface area (Å²) in [4.78, 5) is 49.0. The van der Waals surface area contributed by atoms with Gasteiger partial charge in [0, 0.05) is 26.6 Å². The highest BCUT2D eigenvalue weighted by Crippen LogP contribution is 2.08. The number of nitrogens with one attached hydrogen (secondary N) is 2. The van der Waals surface area contributed by atoms with Crippen molar-refractivity contribution >= 4 is 17.8 Å². The molecule has 0 spiro atoms. The quantitative estimate of drug-likeness (QED) is 0.204. The fraction of sp³-hybridized carbons (Fsp3) is 0.500. The monoisotopic (exact) mass is 431 g/mol. The summed E-state index contributed by atoms with van der Waals surface area (Å²) in [6.45, 7) is 8.19. The maximum absolute atomic E-state index is 12.5. The van der Waals surface area contributed by atoms with Gasteiger partial charge in [0.05, 0.1) is 11.8 Å². The van der Waals surface area contributed by atoms with Gasteiger partial charge in [-0.15, -0.1) is 11.5 Å². The van der Waals surface area contributed by atoms with Gasteiger partial charge >= 0.3 is 6.03 Å². The summed E-state index contributed by atoms with van der Waals surface area (Å²) in [6, 6.07) is 8.41. The third-order valence-electron chi connectivity index (χ3n) is 4.56. The van der Waals surface area contributed by atoms with E-state index in [2.05, 4.69) is 22.5 Å². The van der Waals surface area contributed by atoms with E-state index in [0.29, 0.717) is 38.9 Å². The lowest BCUT2D eigenvalue weighted by Crippen LogP contribution is -2.46. The first kappa shape index (κ1) is 25.8. The number of unbranched alkanes of at least 4 members (excludes halogenated alkanes) is 1. The zero-order valence-corrected chi connectivity index (χ0v) is 18.4. The van der Waals surface area contributed by atoms with E-state index in [9.17, 15) is 19.3 Å². The topological polar surface area (TPSA) is 111 Å². The highest BCUT2D eigenvalue weighted by atomic mass is 16.3. The Morgan fingerprint density at radius 1 is 1.16 bits per heavy atom. The molecular weight excluding hydrogens is 398 g/mol. The predicted octanol–water partition coefficient (Wildman–Crippen LogP) is 2.98. The lowest BCUT2D eigenvalue weighted by Gasteiger charge is -2.25. The van der Waals surface area contributed by atoms with Gasteiger partial charge in [0.15, 0.2) is 0 Å². The maximum Gasteiger partial charge on any atom is 0.343 e. The predicted molar refractivity (Wildman–Crippen MR) is 120 cm³/mol. The van der Waals surface area contributed by atoms with E-state index in [1.54, 1.807) is 4.90 Å². The molecule has 1 unspecified atom stereocenters. The van der Waals surface area contributed by atoms with Gasteiger partial charge in [0.2, 0.25) is 11.8 Å². The van der Waals surface area contributed by atoms with Crippen molar-refractivity contribution in [3.63, 3.8) is 0 Å². The van der Waals surface area contributed by atoms with Gasteiger partial charge in [0.25, 0.3) is 0 Å². The molecule has 1 aromatic rings. The number of hydrogen-bond donors (Lipinski definition) is 2. The Balaban J connectivity index is 2.57. The Labute approximate surface area is 183 Å². The number of urea groups is 1. The third-order valence-corrected chi connectivity index (χ3v) is 4.56. The molecule has 170 valence electrons. The maximum atomic E-state index is 12.5. The van der Waals surface area contributed by atoms with Crippen molar-refractivity contribution < 1.29 is 14.4 Å². The van der Waals surface area contributed by atoms with E-state index in [0.717, 1.165) is 17.0 Å². The second-order valence-corrected chi connectivity index (χ2v) is 7.17. The molecule has 1 atom stereocenters. The van der Waals surface area contributed by atoms with Crippen molar-refractivity contribution in [3.05, 3.63) is 53.5 Å². The SMILES string of the molecule is C=CCN(N=O)C(=O)N(CCC)CCCCC(NC(C)=O)C(=O)NCc1ccccc1. The van der Waals surface area contributed by atoms with Crippen LogP contribution in [-0.4, -0.2) is 53.4 Å². The number of hydrogen-bond acceptors (Lipinski definition) is 5. The molecule has 0 heterocycles. The zero-order chi connectivity index (χ0) is 23.1. The fourth-order valence-corrected chi connectivity index (χ4v) is 3.08. The van der Waals surface area contributed by atoms with Gasteiger partial charge in [-0.3, -0.25) is 9.59 Å². The summed E-state index contributed by atoms with van der Waals surface area (Å²) >= 11 is 0. The van der Waals surface area contributed by atoms with Gasteiger partial charge in [-0.25, -0.2) is 4.79 Å². The van der Waals surface area contributed by atoms with Crippen molar-refractivity contribution in [2.24, 2.45) is 5.29 Å². The average molecular weight is 432 g/mol. The number of carbonyl (C=O) groups excluding carboxylic acids is 3. The molecule has 4 amide bonds. The fourth-order valence-electron chi connectivity index (χ4n) is 3.08. The van der Waals surface area contributed by atoms with Gasteiger partial charge in [-0.2, -0.15) is 5.01 Å². The van der Waals surface area contributed by atoms with Gasteiger partial charge in [-0.05, 0) is 31.2 Å². The molecule has 1 aromatic carbocycles. The number of nitroso groups, excluding NO2 is 1. The number of amides is 4. The summed E-state index contributed by atoms with van der Waals surface area (Å²) in [5.74, 6) is -0.525. The molecule has 0 bridgehead atoms. The lowest BCUT2D eigenvalue weighted by molar-refractivity contribution is -0.128. The molecule has 0 fully saturated rings. The molecule has 0 aromatic heterocycles. The van der Waals surface area contributed by atoms with E-state index < -0.39 is 12.1 Å². The first-order valence-corrected chi connectivity index (χ1v) is 10.5. The minimum atomic E-state index is -0.648. The van der Waals surface area contributed by atoms with E-state index in [1.807, 2.05) is 37.3 Å². The van der Waals surface area contributed by atoms with Crippen LogP contribution in [0.5, 0.6) is 0 Å². The van der Waals surface area contributed by atoms with Crippen LogP contribution in [-0.2, 0) is 16.1 Å². The Morgan fingerprint density at radius 3 is 2.45 bits per heavy atom. The number of carbonyl (C=O) groups is 3. The Bertz CT molecular complexity index is 726. The molecule has 2 N–H and O–H groups in total. The minimum Gasteiger partial charge on any atom is -0.350 e. The summed E-state index contributed by atoms with van der Waals surface area (Å²) in [5, 5.41) is 9.13. The van der Waals surface area contributed by atoms with Gasteiger partial charge in [0.1, 0.15) is 6.04 Å². The normalized spacial score (nSPS) is 11.2. The molecule has 0 aliphatic rings. The smallest absolute Gasteiger partial charge is 0.343 e. The second kappa shape index (κ2) is 14.7. The van der Waals surface area contributed by atoms with Crippen LogP contribution < -0.4 is 10.6 Å². The van der Waals surface area contributed by atoms with Crippen LogP contribution in [0.3, 0.4) is 0 Å². The highest BCUT2D eigenvalue weighted by molar-refractivity contribution is 5.86. The Kier molecular flexibility index (Phi) is 12.2. The molecule has 0 aliphatic heterocycles. The van der Waals surface area contributed by atoms with Gasteiger partial charge in [-0.1, -0.05) is 43.3 Å². The average Bonchev–Trinajstić information content (AvgIpc) is 2.77. The molecule has 0 saturated heterocycles. The highest BCUT2D eigenvalue weighted by Gasteiger charge is 2.22. The van der Waals surface area contributed by atoms with Crippen LogP contribution in [0.1, 0.15) is 45.1 Å². The molecule has 0 aliphatic carbocycles. The van der Waals surface area contributed by atoms with E-state index in [1.165, 1.54) is 13.0 Å². The number of benzene rings is 1. The Hall–Kier alpha value is -3.23. The second-order valence-electron chi connectivity index (χ2n) is 7.17. The van der Waals surface area contributed by atoms with Crippen LogP contribution in [0.4, 0.5) is 4.79 Å². The summed E-state index contributed by atoms with van der Waals surface area (Å²) in [5.41, 5.74) is 0.971. The van der Waals surface area contributed by atoms with Crippen LogP contribution in [0.25, 0.3) is 0 Å². The molecule has 9 heteroatoms. The Morgan fingerprint density at radius 2 is 1.87 bits per heavy atom. The summed E-state index contributed by atoms with van der Waals surface area (Å²) < 4.78 is 0. The van der Waals surface area contributed by atoms with Crippen molar-refractivity contribution in [2.75, 3.05) is 19.6 Å². The zero-order valence-electron chi connectivity index (χ0n) is 18.4. The van der Waals surface area contributed by atoms with Crippen LogP contribution in [0.2, 0.25) is 0 Å². The van der Waals surface area contributed by atoms with Crippen LogP contribution in [0.15, 0.2) is 48.3 Å². The summed E-state index contributed by atoms with van der Waals surface area (Å²) in [6.07, 6.45) is 3.86. The van der Waals surface area contributed by atoms with Crippen molar-refractivity contribution in [2.45, 2.75) is 52.1 Å². The molecule has 31 heavy (non-hydrogen) atoms. The number of rotatable bonds is 14. The van der Waals surface area contributed by atoms with E-state index >= 15 is 0 Å². The third kappa shape index (κ3) is 9.88. The van der Waals surface area contributed by atoms with Crippen molar-refractivity contribution in [1.29, 1.82) is 0 Å². The largest absolute Gasteiger partial charge is 0.350 e. The molecular formula is C22H33N5O4. The van der Waals surface area contributed by atoms with Crippen molar-refractivity contribution in [1.82, 2.24) is 20.5 Å². The van der Waals surface area contributed by atoms with E-state index in [4.69, 9.17) is 0 Å². The minimum absolute atomic E-state index is 0.0503. The van der Waals surface area contributed by atoms with Crippen LogP contribution in [0, 0.1) is 4.91 Å². The molecule has 1 rings (SSSR count). The number of nitrogens with zero attached hydrogens (tertiary/aromatic N) is 3. The van der Waals surface area contributed by atoms with Crippen LogP contribution >= 0.6 is 0 Å². The summed E-state index contributed by atoms with van der Waals surface area (Å²) in [7, 11) is 0. The van der Waals surface area contributed by atoms with Crippen molar-refractivity contribution in [3.8, 4) is 0 Å². The molecule has 0 radical (unpaired) electrons. The standard InChI is InChI=1S/C22H33N5O4/c1-4-14-26(22(30)27(25-31)15-5-2)16-10-9-13-20(24-18(3)28)21(29)23-17-19-11-7-6-8-12-19/h5-8,11-12,20H,2,4,9-10,13-17H2,1,3H3,(H,23,29)(H,24,28). The van der Waals surface area contributed by atoms with E-state index in [-0.39, 0.29) is 18.4 Å².